The number of fused-ring (bicyclic) bond motifs is 1. The topological polar surface area (TPSA) is 92.2 Å². The number of benzene rings is 4. The third-order valence-corrected chi connectivity index (χ3v) is 6.48. The second-order valence-electron chi connectivity index (χ2n) is 9.43. The molecule has 0 aliphatic carbocycles. The Hall–Kier alpha value is -4.98. The quantitative estimate of drug-likeness (QED) is 0.244. The van der Waals surface area contributed by atoms with E-state index in [2.05, 4.69) is 5.32 Å². The molecule has 6 nitrogen and oxygen atoms in total. The summed E-state index contributed by atoms with van der Waals surface area (Å²) >= 11 is 0. The minimum atomic E-state index is -0.895. The number of halogens is 2. The molecule has 1 aromatic heterocycles. The number of hydrogen-bond acceptors (Lipinski definition) is 4. The molecule has 0 saturated carbocycles. The summed E-state index contributed by atoms with van der Waals surface area (Å²) in [5.41, 5.74) is 5.97. The van der Waals surface area contributed by atoms with Crippen molar-refractivity contribution in [3.05, 3.63) is 131 Å². The molecule has 40 heavy (non-hydrogen) atoms. The van der Waals surface area contributed by atoms with Gasteiger partial charge in [0.25, 0.3) is 5.91 Å². The molecule has 0 aliphatic rings. The lowest BCUT2D eigenvalue weighted by Crippen LogP contribution is -2.22. The maximum atomic E-state index is 13.6. The van der Waals surface area contributed by atoms with E-state index in [0.29, 0.717) is 52.0 Å². The number of aliphatic carboxylic acids is 1. The monoisotopic (exact) mass is 537 g/mol. The van der Waals surface area contributed by atoms with E-state index in [1.165, 1.54) is 24.3 Å². The minimum Gasteiger partial charge on any atom is -0.481 e. The lowest BCUT2D eigenvalue weighted by atomic mass is 10.0. The van der Waals surface area contributed by atoms with E-state index < -0.39 is 5.97 Å². The summed E-state index contributed by atoms with van der Waals surface area (Å²) < 4.78 is 26.8. The molecule has 8 heteroatoms. The molecule has 4 aromatic carbocycles. The van der Waals surface area contributed by atoms with Gasteiger partial charge in [0.05, 0.1) is 28.8 Å². The molecule has 0 unspecified atom stereocenters. The van der Waals surface area contributed by atoms with E-state index in [-0.39, 0.29) is 30.5 Å². The zero-order valence-electron chi connectivity index (χ0n) is 21.4. The molecule has 200 valence electrons. The first kappa shape index (κ1) is 26.6. The van der Waals surface area contributed by atoms with Gasteiger partial charge in [0.1, 0.15) is 11.6 Å². The van der Waals surface area contributed by atoms with Crippen LogP contribution in [-0.2, 0) is 30.6 Å². The van der Waals surface area contributed by atoms with E-state index in [0.717, 1.165) is 11.1 Å². The van der Waals surface area contributed by atoms with E-state index in [4.69, 9.17) is 15.1 Å². The fourth-order valence-electron chi connectivity index (χ4n) is 4.46. The summed E-state index contributed by atoms with van der Waals surface area (Å²) in [6, 6.07) is 24.4. The Morgan fingerprint density at radius 1 is 0.725 bits per heavy atom. The summed E-state index contributed by atoms with van der Waals surface area (Å²) in [6.07, 6.45) is 1.02. The Balaban J connectivity index is 1.43. The molecule has 1 heterocycles. The van der Waals surface area contributed by atoms with Crippen molar-refractivity contribution < 1.29 is 23.5 Å². The van der Waals surface area contributed by atoms with Gasteiger partial charge in [-0.15, -0.1) is 0 Å². The van der Waals surface area contributed by atoms with Gasteiger partial charge in [-0.05, 0) is 84.1 Å². The fraction of sp³-hybridized carbons (Fsp3) is 0.125. The van der Waals surface area contributed by atoms with E-state index in [1.54, 1.807) is 48.5 Å². The summed E-state index contributed by atoms with van der Waals surface area (Å²) in [7, 11) is 0. The maximum absolute atomic E-state index is 13.6. The second-order valence-corrected chi connectivity index (χ2v) is 9.43. The highest BCUT2D eigenvalue weighted by molar-refractivity contribution is 5.97. The standard InChI is InChI=1S/C32H25F2N3O3/c33-25-10-4-21(5-11-25)19-35-32(40)24-9-15-27-29(18-24)36-28(31(37-27)23-7-12-26(34)13-8-23)14-6-20-2-1-3-22(16-20)17-30(38)39/h1-5,7-13,15-16,18H,6,14,17,19H2,(H,35,40)(H,38,39). The predicted molar refractivity (Wildman–Crippen MR) is 148 cm³/mol. The number of hydrogen-bond donors (Lipinski definition) is 2. The third-order valence-electron chi connectivity index (χ3n) is 6.48. The van der Waals surface area contributed by atoms with Crippen molar-refractivity contribution in [3.63, 3.8) is 0 Å². The van der Waals surface area contributed by atoms with Crippen molar-refractivity contribution >= 4 is 22.9 Å². The highest BCUT2D eigenvalue weighted by Gasteiger charge is 2.14. The van der Waals surface area contributed by atoms with Crippen LogP contribution in [0.1, 0.15) is 32.7 Å². The molecular formula is C32H25F2N3O3. The predicted octanol–water partition coefficient (Wildman–Crippen LogP) is 5.92. The number of amides is 1. The summed E-state index contributed by atoms with van der Waals surface area (Å²) in [5.74, 6) is -1.89. The number of rotatable bonds is 9. The first-order valence-corrected chi connectivity index (χ1v) is 12.7. The average molecular weight is 538 g/mol. The molecule has 0 spiro atoms. The Morgan fingerprint density at radius 2 is 1.43 bits per heavy atom. The van der Waals surface area contributed by atoms with Gasteiger partial charge in [0.2, 0.25) is 0 Å². The highest BCUT2D eigenvalue weighted by atomic mass is 19.1. The molecule has 0 radical (unpaired) electrons. The highest BCUT2D eigenvalue weighted by Crippen LogP contribution is 2.26. The summed E-state index contributed by atoms with van der Waals surface area (Å²) in [4.78, 5) is 33.6. The SMILES string of the molecule is O=C(O)Cc1cccc(CCc2nc3cc(C(=O)NCc4ccc(F)cc4)ccc3nc2-c2ccc(F)cc2)c1. The maximum Gasteiger partial charge on any atom is 0.307 e. The van der Waals surface area contributed by atoms with Crippen LogP contribution in [0.2, 0.25) is 0 Å². The van der Waals surface area contributed by atoms with Gasteiger partial charge in [-0.3, -0.25) is 9.59 Å². The van der Waals surface area contributed by atoms with Crippen LogP contribution in [0.5, 0.6) is 0 Å². The zero-order chi connectivity index (χ0) is 28.1. The average Bonchev–Trinajstić information content (AvgIpc) is 2.95. The molecule has 0 saturated heterocycles. The van der Waals surface area contributed by atoms with Gasteiger partial charge < -0.3 is 10.4 Å². The van der Waals surface area contributed by atoms with Crippen LogP contribution in [-0.4, -0.2) is 27.0 Å². The number of carbonyl (C=O) groups is 2. The van der Waals surface area contributed by atoms with Crippen LogP contribution in [0.15, 0.2) is 91.0 Å². The lowest BCUT2D eigenvalue weighted by molar-refractivity contribution is -0.136. The summed E-state index contributed by atoms with van der Waals surface area (Å²) in [5, 5.41) is 12.0. The lowest BCUT2D eigenvalue weighted by Gasteiger charge is -2.12. The molecule has 0 atom stereocenters. The van der Waals surface area contributed by atoms with Crippen LogP contribution >= 0.6 is 0 Å². The normalized spacial score (nSPS) is 10.9. The molecule has 2 N–H and O–H groups in total. The number of carboxylic acids is 1. The molecule has 0 bridgehead atoms. The number of aromatic nitrogens is 2. The largest absolute Gasteiger partial charge is 0.481 e. The fourth-order valence-corrected chi connectivity index (χ4v) is 4.46. The van der Waals surface area contributed by atoms with Crippen LogP contribution in [0.4, 0.5) is 8.78 Å². The van der Waals surface area contributed by atoms with Crippen molar-refractivity contribution in [2.75, 3.05) is 0 Å². The van der Waals surface area contributed by atoms with Gasteiger partial charge in [-0.1, -0.05) is 36.4 Å². The van der Waals surface area contributed by atoms with Crippen LogP contribution in [0.25, 0.3) is 22.3 Å². The summed E-state index contributed by atoms with van der Waals surface area (Å²) in [6.45, 7) is 0.249. The van der Waals surface area contributed by atoms with E-state index >= 15 is 0 Å². The number of aryl methyl sites for hydroxylation is 2. The van der Waals surface area contributed by atoms with E-state index in [1.807, 2.05) is 18.2 Å². The van der Waals surface area contributed by atoms with Gasteiger partial charge in [-0.2, -0.15) is 0 Å². The van der Waals surface area contributed by atoms with Gasteiger partial charge in [0, 0.05) is 17.7 Å². The number of nitrogens with zero attached hydrogens (tertiary/aromatic N) is 2. The first-order chi connectivity index (χ1) is 19.3. The number of nitrogens with one attached hydrogen (secondary N) is 1. The van der Waals surface area contributed by atoms with Crippen molar-refractivity contribution in [2.45, 2.75) is 25.8 Å². The Kier molecular flexibility index (Phi) is 7.87. The second kappa shape index (κ2) is 11.8. The Bertz CT molecular complexity index is 1690. The van der Waals surface area contributed by atoms with Crippen molar-refractivity contribution in [3.8, 4) is 11.3 Å². The van der Waals surface area contributed by atoms with Crippen molar-refractivity contribution in [2.24, 2.45) is 0 Å². The van der Waals surface area contributed by atoms with Gasteiger partial charge in [-0.25, -0.2) is 18.7 Å². The third kappa shape index (κ3) is 6.53. The molecule has 0 fully saturated rings. The Labute approximate surface area is 229 Å². The van der Waals surface area contributed by atoms with Crippen molar-refractivity contribution in [1.82, 2.24) is 15.3 Å². The molecule has 0 aliphatic heterocycles. The number of carboxylic acid groups (broad SMARTS) is 1. The van der Waals surface area contributed by atoms with E-state index in [9.17, 15) is 18.4 Å². The molecule has 5 rings (SSSR count). The molecular weight excluding hydrogens is 512 g/mol. The van der Waals surface area contributed by atoms with Crippen LogP contribution in [0, 0.1) is 11.6 Å². The van der Waals surface area contributed by atoms with Gasteiger partial charge >= 0.3 is 5.97 Å². The molecule has 1 amide bonds. The number of carbonyl (C=O) groups excluding carboxylic acids is 1. The Morgan fingerprint density at radius 3 is 2.15 bits per heavy atom. The molecule has 5 aromatic rings. The zero-order valence-corrected chi connectivity index (χ0v) is 21.4. The van der Waals surface area contributed by atoms with Crippen molar-refractivity contribution in [1.29, 1.82) is 0 Å². The van der Waals surface area contributed by atoms with Gasteiger partial charge in [0.15, 0.2) is 0 Å². The van der Waals surface area contributed by atoms with Crippen LogP contribution < -0.4 is 5.32 Å². The smallest absolute Gasteiger partial charge is 0.307 e. The van der Waals surface area contributed by atoms with Crippen LogP contribution in [0.3, 0.4) is 0 Å². The minimum absolute atomic E-state index is 0.0591. The first-order valence-electron chi connectivity index (χ1n) is 12.7.